The molecule has 17 heavy (non-hydrogen) atoms. The second-order valence-electron chi connectivity index (χ2n) is 4.49. The van der Waals surface area contributed by atoms with Crippen LogP contribution in [0.1, 0.15) is 31.1 Å². The molecule has 0 bridgehead atoms. The van der Waals surface area contributed by atoms with Gasteiger partial charge in [-0.2, -0.15) is 0 Å². The number of carbonyl (C=O) groups is 1. The number of hydrogen-bond acceptors (Lipinski definition) is 3. The molecule has 1 amide bonds. The zero-order chi connectivity index (χ0) is 13.1. The molecule has 1 aromatic rings. The van der Waals surface area contributed by atoms with Crippen molar-refractivity contribution in [2.24, 2.45) is 0 Å². The van der Waals surface area contributed by atoms with Gasteiger partial charge in [-0.3, -0.25) is 9.63 Å². The van der Waals surface area contributed by atoms with E-state index in [9.17, 15) is 9.18 Å². The standard InChI is InChI=1S/C12H16FNO3/c1-12(2,3)17-14-11(15)9-6-5-8(16-4)7-10(9)13/h5-7H,1-4H3,(H,14,15). The summed E-state index contributed by atoms with van der Waals surface area (Å²) in [6, 6.07) is 4.00. The number of rotatable bonds is 3. The fourth-order valence-electron chi connectivity index (χ4n) is 1.06. The first-order valence-corrected chi connectivity index (χ1v) is 5.15. The minimum absolute atomic E-state index is 0.0879. The molecular formula is C12H16FNO3. The van der Waals surface area contributed by atoms with Crippen LogP contribution in [-0.2, 0) is 4.84 Å². The van der Waals surface area contributed by atoms with Gasteiger partial charge in [-0.25, -0.2) is 9.87 Å². The van der Waals surface area contributed by atoms with Crippen molar-refractivity contribution in [2.75, 3.05) is 7.11 Å². The molecule has 0 radical (unpaired) electrons. The number of methoxy groups -OCH3 is 1. The second kappa shape index (κ2) is 5.14. The highest BCUT2D eigenvalue weighted by Crippen LogP contribution is 2.16. The van der Waals surface area contributed by atoms with Crippen LogP contribution in [0.5, 0.6) is 5.75 Å². The van der Waals surface area contributed by atoms with Crippen molar-refractivity contribution in [1.82, 2.24) is 5.48 Å². The van der Waals surface area contributed by atoms with Crippen LogP contribution in [0, 0.1) is 5.82 Å². The van der Waals surface area contributed by atoms with E-state index >= 15 is 0 Å². The van der Waals surface area contributed by atoms with Crippen LogP contribution in [0.4, 0.5) is 4.39 Å². The highest BCUT2D eigenvalue weighted by Gasteiger charge is 2.16. The zero-order valence-electron chi connectivity index (χ0n) is 10.3. The fourth-order valence-corrected chi connectivity index (χ4v) is 1.06. The van der Waals surface area contributed by atoms with Gasteiger partial charge in [0.1, 0.15) is 11.6 Å². The average molecular weight is 241 g/mol. The highest BCUT2D eigenvalue weighted by atomic mass is 19.1. The van der Waals surface area contributed by atoms with Gasteiger partial charge in [0, 0.05) is 6.07 Å². The average Bonchev–Trinajstić information content (AvgIpc) is 2.24. The van der Waals surface area contributed by atoms with Gasteiger partial charge in [-0.15, -0.1) is 0 Å². The van der Waals surface area contributed by atoms with E-state index in [1.807, 2.05) is 0 Å². The Bertz CT molecular complexity index is 413. The van der Waals surface area contributed by atoms with Crippen molar-refractivity contribution in [1.29, 1.82) is 0 Å². The molecule has 5 heteroatoms. The maximum Gasteiger partial charge on any atom is 0.277 e. The summed E-state index contributed by atoms with van der Waals surface area (Å²) >= 11 is 0. The lowest BCUT2D eigenvalue weighted by molar-refractivity contribution is -0.0591. The number of amides is 1. The fraction of sp³-hybridized carbons (Fsp3) is 0.417. The van der Waals surface area contributed by atoms with Gasteiger partial charge >= 0.3 is 0 Å². The zero-order valence-corrected chi connectivity index (χ0v) is 10.3. The Morgan fingerprint density at radius 1 is 1.35 bits per heavy atom. The second-order valence-corrected chi connectivity index (χ2v) is 4.49. The van der Waals surface area contributed by atoms with Crippen LogP contribution < -0.4 is 10.2 Å². The SMILES string of the molecule is COc1ccc(C(=O)NOC(C)(C)C)c(F)c1. The first-order chi connectivity index (χ1) is 7.83. The third-order valence-corrected chi connectivity index (χ3v) is 1.87. The summed E-state index contributed by atoms with van der Waals surface area (Å²) in [6.07, 6.45) is 0. The molecular weight excluding hydrogens is 225 g/mol. The first kappa shape index (κ1) is 13.4. The molecule has 0 heterocycles. The summed E-state index contributed by atoms with van der Waals surface area (Å²) in [5.74, 6) is -0.921. The van der Waals surface area contributed by atoms with Crippen molar-refractivity contribution in [3.05, 3.63) is 29.6 Å². The summed E-state index contributed by atoms with van der Waals surface area (Å²) < 4.78 is 18.4. The van der Waals surface area contributed by atoms with E-state index in [4.69, 9.17) is 9.57 Å². The summed E-state index contributed by atoms with van der Waals surface area (Å²) in [4.78, 5) is 16.7. The lowest BCUT2D eigenvalue weighted by atomic mass is 10.2. The minimum Gasteiger partial charge on any atom is -0.497 e. The maximum absolute atomic E-state index is 13.5. The van der Waals surface area contributed by atoms with E-state index in [0.29, 0.717) is 5.75 Å². The molecule has 0 aliphatic heterocycles. The molecule has 0 atom stereocenters. The van der Waals surface area contributed by atoms with Crippen LogP contribution in [0.2, 0.25) is 0 Å². The molecule has 0 fully saturated rings. The summed E-state index contributed by atoms with van der Waals surface area (Å²) in [6.45, 7) is 5.33. The van der Waals surface area contributed by atoms with Crippen LogP contribution in [-0.4, -0.2) is 18.6 Å². The van der Waals surface area contributed by atoms with Gasteiger partial charge in [0.25, 0.3) is 5.91 Å². The minimum atomic E-state index is -0.653. The molecule has 4 nitrogen and oxygen atoms in total. The van der Waals surface area contributed by atoms with E-state index in [2.05, 4.69) is 5.48 Å². The van der Waals surface area contributed by atoms with E-state index in [0.717, 1.165) is 6.07 Å². The largest absolute Gasteiger partial charge is 0.497 e. The van der Waals surface area contributed by atoms with Crippen LogP contribution in [0.25, 0.3) is 0 Å². The molecule has 1 rings (SSSR count). The van der Waals surface area contributed by atoms with Gasteiger partial charge in [0.15, 0.2) is 0 Å². The normalized spacial score (nSPS) is 11.1. The van der Waals surface area contributed by atoms with E-state index < -0.39 is 17.3 Å². The third-order valence-electron chi connectivity index (χ3n) is 1.87. The number of nitrogens with one attached hydrogen (secondary N) is 1. The lowest BCUT2D eigenvalue weighted by Gasteiger charge is -2.19. The van der Waals surface area contributed by atoms with Gasteiger partial charge < -0.3 is 4.74 Å². The Hall–Kier alpha value is -1.62. The summed E-state index contributed by atoms with van der Waals surface area (Å²) in [5.41, 5.74) is 1.58. The van der Waals surface area contributed by atoms with Crippen molar-refractivity contribution in [3.63, 3.8) is 0 Å². The van der Waals surface area contributed by atoms with Gasteiger partial charge in [0.05, 0.1) is 18.3 Å². The highest BCUT2D eigenvalue weighted by molar-refractivity contribution is 5.93. The Morgan fingerprint density at radius 2 is 2.00 bits per heavy atom. The third kappa shape index (κ3) is 4.03. The number of halogens is 1. The molecule has 0 saturated heterocycles. The monoisotopic (exact) mass is 241 g/mol. The predicted octanol–water partition coefficient (Wildman–Crippen LogP) is 2.29. The summed E-state index contributed by atoms with van der Waals surface area (Å²) in [5, 5.41) is 0. The molecule has 0 aliphatic rings. The molecule has 1 aromatic carbocycles. The maximum atomic E-state index is 13.5. The molecule has 0 saturated carbocycles. The van der Waals surface area contributed by atoms with E-state index in [1.54, 1.807) is 20.8 Å². The van der Waals surface area contributed by atoms with Crippen molar-refractivity contribution < 1.29 is 18.8 Å². The number of benzene rings is 1. The quantitative estimate of drug-likeness (QED) is 0.826. The van der Waals surface area contributed by atoms with Gasteiger partial charge in [0.2, 0.25) is 0 Å². The molecule has 0 aliphatic carbocycles. The van der Waals surface area contributed by atoms with Crippen LogP contribution in [0.3, 0.4) is 0 Å². The van der Waals surface area contributed by atoms with Crippen molar-refractivity contribution in [2.45, 2.75) is 26.4 Å². The smallest absolute Gasteiger partial charge is 0.277 e. The topological polar surface area (TPSA) is 47.6 Å². The van der Waals surface area contributed by atoms with Crippen molar-refractivity contribution >= 4 is 5.91 Å². The van der Waals surface area contributed by atoms with Gasteiger partial charge in [-0.1, -0.05) is 0 Å². The molecule has 1 N–H and O–H groups in total. The number of hydroxylamine groups is 1. The Balaban J connectivity index is 2.76. The Morgan fingerprint density at radius 3 is 2.47 bits per heavy atom. The summed E-state index contributed by atoms with van der Waals surface area (Å²) in [7, 11) is 1.43. The Labute approximate surface area is 99.7 Å². The number of hydrogen-bond donors (Lipinski definition) is 1. The Kier molecular flexibility index (Phi) is 4.07. The van der Waals surface area contributed by atoms with E-state index in [1.165, 1.54) is 19.2 Å². The lowest BCUT2D eigenvalue weighted by Crippen LogP contribution is -2.33. The van der Waals surface area contributed by atoms with Gasteiger partial charge in [-0.05, 0) is 32.9 Å². The van der Waals surface area contributed by atoms with Crippen LogP contribution >= 0.6 is 0 Å². The van der Waals surface area contributed by atoms with Crippen molar-refractivity contribution in [3.8, 4) is 5.75 Å². The number of carbonyl (C=O) groups excluding carboxylic acids is 1. The molecule has 0 aromatic heterocycles. The number of ether oxygens (including phenoxy) is 1. The first-order valence-electron chi connectivity index (χ1n) is 5.15. The predicted molar refractivity (Wildman–Crippen MR) is 61.3 cm³/mol. The van der Waals surface area contributed by atoms with Crippen LogP contribution in [0.15, 0.2) is 18.2 Å². The molecule has 0 unspecified atom stereocenters. The van der Waals surface area contributed by atoms with E-state index in [-0.39, 0.29) is 5.56 Å². The molecule has 94 valence electrons. The molecule has 0 spiro atoms.